The molecule has 0 saturated heterocycles. The number of benzene rings is 1. The minimum absolute atomic E-state index is 0.0880. The van der Waals surface area contributed by atoms with E-state index in [0.717, 1.165) is 18.4 Å². The van der Waals surface area contributed by atoms with E-state index in [9.17, 15) is 9.59 Å². The van der Waals surface area contributed by atoms with Crippen LogP contribution in [0, 0.1) is 6.92 Å². The van der Waals surface area contributed by atoms with E-state index >= 15 is 0 Å². The summed E-state index contributed by atoms with van der Waals surface area (Å²) in [7, 11) is 0. The molecule has 0 spiro atoms. The van der Waals surface area contributed by atoms with Crippen molar-refractivity contribution in [3.63, 3.8) is 0 Å². The summed E-state index contributed by atoms with van der Waals surface area (Å²) in [5.74, 6) is -0.695. The number of halogens is 1. The van der Waals surface area contributed by atoms with E-state index in [1.165, 1.54) is 0 Å². The summed E-state index contributed by atoms with van der Waals surface area (Å²) in [5.41, 5.74) is 1.57. The largest absolute Gasteiger partial charge is 0.481 e. The quantitative estimate of drug-likeness (QED) is 0.603. The second-order valence-corrected chi connectivity index (χ2v) is 4.75. The van der Waals surface area contributed by atoms with Crippen LogP contribution < -0.4 is 0 Å². The van der Waals surface area contributed by atoms with E-state index < -0.39 is 5.97 Å². The molecule has 0 saturated carbocycles. The van der Waals surface area contributed by atoms with E-state index in [0.29, 0.717) is 23.4 Å². The highest BCUT2D eigenvalue weighted by Gasteiger charge is 2.07. The van der Waals surface area contributed by atoms with Crippen LogP contribution in [0.2, 0.25) is 5.02 Å². The fourth-order valence-electron chi connectivity index (χ4n) is 1.70. The number of unbranched alkanes of at least 4 members (excludes halogenated alkanes) is 2. The average Bonchev–Trinajstić information content (AvgIpc) is 2.31. The smallest absolute Gasteiger partial charge is 0.303 e. The average molecular weight is 269 g/mol. The van der Waals surface area contributed by atoms with Crippen LogP contribution in [0.15, 0.2) is 18.2 Å². The molecule has 0 unspecified atom stereocenters. The highest BCUT2D eigenvalue weighted by molar-refractivity contribution is 6.31. The van der Waals surface area contributed by atoms with Crippen LogP contribution in [-0.4, -0.2) is 16.9 Å². The minimum Gasteiger partial charge on any atom is -0.481 e. The zero-order valence-electron chi connectivity index (χ0n) is 10.4. The van der Waals surface area contributed by atoms with Crippen LogP contribution in [0.4, 0.5) is 0 Å². The van der Waals surface area contributed by atoms with Crippen molar-refractivity contribution in [2.75, 3.05) is 0 Å². The molecule has 0 atom stereocenters. The summed E-state index contributed by atoms with van der Waals surface area (Å²) in [6, 6.07) is 5.26. The lowest BCUT2D eigenvalue weighted by molar-refractivity contribution is -0.137. The van der Waals surface area contributed by atoms with Gasteiger partial charge in [0.1, 0.15) is 0 Å². The van der Waals surface area contributed by atoms with Crippen molar-refractivity contribution >= 4 is 23.4 Å². The molecule has 0 aliphatic heterocycles. The van der Waals surface area contributed by atoms with Gasteiger partial charge in [-0.1, -0.05) is 18.0 Å². The van der Waals surface area contributed by atoms with E-state index in [1.807, 2.05) is 6.92 Å². The first-order valence-corrected chi connectivity index (χ1v) is 6.39. The zero-order chi connectivity index (χ0) is 13.5. The molecule has 98 valence electrons. The van der Waals surface area contributed by atoms with Gasteiger partial charge in [-0.2, -0.15) is 0 Å². The molecule has 4 heteroatoms. The van der Waals surface area contributed by atoms with E-state index in [1.54, 1.807) is 18.2 Å². The molecular formula is C14H17ClO3. The number of carbonyl (C=O) groups excluding carboxylic acids is 1. The van der Waals surface area contributed by atoms with Gasteiger partial charge < -0.3 is 5.11 Å². The van der Waals surface area contributed by atoms with Gasteiger partial charge in [0, 0.05) is 23.4 Å². The molecule has 0 aliphatic rings. The number of carboxylic acids is 1. The van der Waals surface area contributed by atoms with Gasteiger partial charge in [-0.05, 0) is 43.5 Å². The molecule has 1 rings (SSSR count). The molecule has 0 radical (unpaired) electrons. The highest BCUT2D eigenvalue weighted by atomic mass is 35.5. The zero-order valence-corrected chi connectivity index (χ0v) is 11.2. The summed E-state index contributed by atoms with van der Waals surface area (Å²) in [4.78, 5) is 22.2. The Morgan fingerprint density at radius 2 is 1.83 bits per heavy atom. The first-order valence-electron chi connectivity index (χ1n) is 6.02. The second-order valence-electron chi connectivity index (χ2n) is 4.34. The van der Waals surface area contributed by atoms with Crippen molar-refractivity contribution in [2.24, 2.45) is 0 Å². The van der Waals surface area contributed by atoms with Crippen LogP contribution in [0.5, 0.6) is 0 Å². The lowest BCUT2D eigenvalue weighted by atomic mass is 10.0. The number of aryl methyl sites for hydroxylation is 1. The number of hydrogen-bond donors (Lipinski definition) is 1. The highest BCUT2D eigenvalue weighted by Crippen LogP contribution is 2.18. The predicted octanol–water partition coefficient (Wildman–Crippen LogP) is 3.87. The maximum atomic E-state index is 11.8. The van der Waals surface area contributed by atoms with Crippen molar-refractivity contribution in [1.29, 1.82) is 0 Å². The van der Waals surface area contributed by atoms with E-state index in [2.05, 4.69) is 0 Å². The van der Waals surface area contributed by atoms with Crippen molar-refractivity contribution in [3.8, 4) is 0 Å². The van der Waals surface area contributed by atoms with Gasteiger partial charge >= 0.3 is 5.97 Å². The SMILES string of the molecule is Cc1cc(C(=O)CCCCCC(=O)O)ccc1Cl. The molecule has 1 aromatic rings. The third-order valence-corrected chi connectivity index (χ3v) is 3.20. The topological polar surface area (TPSA) is 54.4 Å². The predicted molar refractivity (Wildman–Crippen MR) is 71.2 cm³/mol. The fraction of sp³-hybridized carbons (Fsp3) is 0.429. The van der Waals surface area contributed by atoms with Crippen molar-refractivity contribution in [3.05, 3.63) is 34.3 Å². The van der Waals surface area contributed by atoms with Crippen LogP contribution in [0.25, 0.3) is 0 Å². The number of ketones is 1. The molecule has 1 aromatic carbocycles. The monoisotopic (exact) mass is 268 g/mol. The Bertz CT molecular complexity index is 441. The van der Waals surface area contributed by atoms with Crippen molar-refractivity contribution in [2.45, 2.75) is 39.0 Å². The van der Waals surface area contributed by atoms with Gasteiger partial charge in [-0.15, -0.1) is 0 Å². The lowest BCUT2D eigenvalue weighted by Gasteiger charge is -2.03. The van der Waals surface area contributed by atoms with Gasteiger partial charge in [0.05, 0.1) is 0 Å². The lowest BCUT2D eigenvalue weighted by Crippen LogP contribution is -2.00. The number of carbonyl (C=O) groups is 2. The van der Waals surface area contributed by atoms with Gasteiger partial charge in [-0.25, -0.2) is 0 Å². The third kappa shape index (κ3) is 4.88. The van der Waals surface area contributed by atoms with Crippen molar-refractivity contribution < 1.29 is 14.7 Å². The fourth-order valence-corrected chi connectivity index (χ4v) is 1.82. The number of rotatable bonds is 7. The Labute approximate surface area is 112 Å². The third-order valence-electron chi connectivity index (χ3n) is 2.77. The number of Topliss-reactive ketones (excluding diaryl/α,β-unsaturated/α-hetero) is 1. The Morgan fingerprint density at radius 1 is 1.17 bits per heavy atom. The Morgan fingerprint density at radius 3 is 2.44 bits per heavy atom. The number of hydrogen-bond acceptors (Lipinski definition) is 2. The second kappa shape index (κ2) is 7.17. The standard InChI is InChI=1S/C14H17ClO3/c1-10-9-11(7-8-12(10)15)13(16)5-3-2-4-6-14(17)18/h7-9H,2-6H2,1H3,(H,17,18). The maximum Gasteiger partial charge on any atom is 0.303 e. The first-order chi connectivity index (χ1) is 8.50. The first kappa shape index (κ1) is 14.7. The molecule has 0 aliphatic carbocycles. The molecule has 1 N–H and O–H groups in total. The number of aliphatic carboxylic acids is 1. The van der Waals surface area contributed by atoms with Gasteiger partial charge in [0.25, 0.3) is 0 Å². The molecule has 0 fully saturated rings. The van der Waals surface area contributed by atoms with Crippen LogP contribution >= 0.6 is 11.6 Å². The van der Waals surface area contributed by atoms with Gasteiger partial charge in [0.15, 0.2) is 5.78 Å². The summed E-state index contributed by atoms with van der Waals surface area (Å²) >= 11 is 5.89. The van der Waals surface area contributed by atoms with Crippen LogP contribution in [0.3, 0.4) is 0 Å². The molecular weight excluding hydrogens is 252 g/mol. The summed E-state index contributed by atoms with van der Waals surface area (Å²) in [5, 5.41) is 9.14. The molecule has 0 aromatic heterocycles. The summed E-state index contributed by atoms with van der Waals surface area (Å²) in [6.07, 6.45) is 2.76. The van der Waals surface area contributed by atoms with Gasteiger partial charge in [0.2, 0.25) is 0 Å². The molecule has 3 nitrogen and oxygen atoms in total. The van der Waals surface area contributed by atoms with Crippen LogP contribution in [-0.2, 0) is 4.79 Å². The molecule has 18 heavy (non-hydrogen) atoms. The Balaban J connectivity index is 2.36. The summed E-state index contributed by atoms with van der Waals surface area (Å²) in [6.45, 7) is 1.87. The Hall–Kier alpha value is -1.35. The maximum absolute atomic E-state index is 11.8. The van der Waals surface area contributed by atoms with E-state index in [-0.39, 0.29) is 12.2 Å². The van der Waals surface area contributed by atoms with Gasteiger partial charge in [-0.3, -0.25) is 9.59 Å². The molecule has 0 heterocycles. The minimum atomic E-state index is -0.783. The van der Waals surface area contributed by atoms with Crippen molar-refractivity contribution in [1.82, 2.24) is 0 Å². The number of carboxylic acid groups (broad SMARTS) is 1. The normalized spacial score (nSPS) is 10.3. The Kier molecular flexibility index (Phi) is 5.86. The molecule has 0 amide bonds. The molecule has 0 bridgehead atoms. The van der Waals surface area contributed by atoms with Crippen LogP contribution in [0.1, 0.15) is 48.0 Å². The summed E-state index contributed by atoms with van der Waals surface area (Å²) < 4.78 is 0. The van der Waals surface area contributed by atoms with E-state index in [4.69, 9.17) is 16.7 Å².